The molecule has 6 nitrogen and oxygen atoms in total. The van der Waals surface area contributed by atoms with E-state index in [9.17, 15) is 0 Å². The Morgan fingerprint density at radius 2 is 2.10 bits per heavy atom. The molecule has 114 valence electrons. The summed E-state index contributed by atoms with van der Waals surface area (Å²) < 4.78 is 15.9. The van der Waals surface area contributed by atoms with Crippen LogP contribution in [0.4, 0.5) is 0 Å². The predicted molar refractivity (Wildman–Crippen MR) is 78.3 cm³/mol. The summed E-state index contributed by atoms with van der Waals surface area (Å²) >= 11 is 0. The number of nitrogens with one attached hydrogen (secondary N) is 1. The predicted octanol–water partition coefficient (Wildman–Crippen LogP) is 2.46. The Morgan fingerprint density at radius 3 is 2.71 bits per heavy atom. The molecule has 0 aliphatic rings. The van der Waals surface area contributed by atoms with Crippen LogP contribution in [0, 0.1) is 6.92 Å². The minimum Gasteiger partial charge on any atom is -0.493 e. The quantitative estimate of drug-likeness (QED) is 0.845. The monoisotopic (exact) mass is 291 g/mol. The zero-order valence-electron chi connectivity index (χ0n) is 12.8. The molecule has 1 heterocycles. The van der Waals surface area contributed by atoms with Crippen LogP contribution in [-0.4, -0.2) is 23.5 Å². The summed E-state index contributed by atoms with van der Waals surface area (Å²) in [5.74, 6) is 1.42. The van der Waals surface area contributed by atoms with Crippen molar-refractivity contribution in [3.8, 4) is 11.5 Å². The second-order valence-electron chi connectivity index (χ2n) is 5.07. The maximum absolute atomic E-state index is 5.89. The highest BCUT2D eigenvalue weighted by molar-refractivity contribution is 5.46. The molecule has 1 aromatic carbocycles. The lowest BCUT2D eigenvalue weighted by Gasteiger charge is -2.16. The Hall–Kier alpha value is -2.08. The molecule has 0 aliphatic carbocycles. The van der Waals surface area contributed by atoms with Crippen LogP contribution in [0.1, 0.15) is 30.8 Å². The molecule has 0 spiro atoms. The number of hydrogen-bond donors (Lipinski definition) is 1. The third-order valence-corrected chi connectivity index (χ3v) is 3.08. The van der Waals surface area contributed by atoms with E-state index in [1.165, 1.54) is 0 Å². The van der Waals surface area contributed by atoms with Crippen molar-refractivity contribution in [2.45, 2.75) is 40.0 Å². The molecule has 0 saturated carbocycles. The van der Waals surface area contributed by atoms with Crippen molar-refractivity contribution in [3.05, 3.63) is 35.2 Å². The molecule has 2 rings (SSSR count). The van der Waals surface area contributed by atoms with E-state index in [2.05, 4.69) is 34.1 Å². The summed E-state index contributed by atoms with van der Waals surface area (Å²) in [4.78, 5) is 0. The fourth-order valence-corrected chi connectivity index (χ4v) is 1.86. The minimum absolute atomic E-state index is 0.296. The van der Waals surface area contributed by atoms with E-state index < -0.39 is 0 Å². The number of methoxy groups -OCH3 is 1. The Kier molecular flexibility index (Phi) is 5.16. The van der Waals surface area contributed by atoms with Crippen molar-refractivity contribution in [1.29, 1.82) is 0 Å². The standard InChI is InChI=1S/C15H21N3O3/c1-10(2)16-8-12-6-5-7-14(19-4)15(12)20-9-13-11(3)17-21-18-13/h5-7,10,16H,8-9H2,1-4H3. The third kappa shape index (κ3) is 3.95. The van der Waals surface area contributed by atoms with Crippen LogP contribution in [0.15, 0.2) is 22.8 Å². The number of para-hydroxylation sites is 1. The van der Waals surface area contributed by atoms with Crippen molar-refractivity contribution in [2.24, 2.45) is 0 Å². The van der Waals surface area contributed by atoms with E-state index in [4.69, 9.17) is 9.47 Å². The maximum Gasteiger partial charge on any atom is 0.166 e. The minimum atomic E-state index is 0.296. The zero-order chi connectivity index (χ0) is 15.2. The second-order valence-corrected chi connectivity index (χ2v) is 5.07. The Bertz CT molecular complexity index is 581. The van der Waals surface area contributed by atoms with E-state index in [1.54, 1.807) is 7.11 Å². The van der Waals surface area contributed by atoms with Crippen molar-refractivity contribution >= 4 is 0 Å². The van der Waals surface area contributed by atoms with Gasteiger partial charge in [0.2, 0.25) is 0 Å². The van der Waals surface area contributed by atoms with Crippen LogP contribution in [-0.2, 0) is 13.2 Å². The number of aryl methyl sites for hydroxylation is 1. The highest BCUT2D eigenvalue weighted by Gasteiger charge is 2.13. The largest absolute Gasteiger partial charge is 0.493 e. The molecule has 6 heteroatoms. The summed E-state index contributed by atoms with van der Waals surface area (Å²) in [7, 11) is 1.63. The van der Waals surface area contributed by atoms with Crippen molar-refractivity contribution in [1.82, 2.24) is 15.6 Å². The number of rotatable bonds is 7. The number of aromatic nitrogens is 2. The molecule has 0 atom stereocenters. The van der Waals surface area contributed by atoms with Gasteiger partial charge >= 0.3 is 0 Å². The third-order valence-electron chi connectivity index (χ3n) is 3.08. The van der Waals surface area contributed by atoms with E-state index in [1.807, 2.05) is 25.1 Å². The molecule has 0 aliphatic heterocycles. The van der Waals surface area contributed by atoms with Crippen molar-refractivity contribution in [2.75, 3.05) is 7.11 Å². The van der Waals surface area contributed by atoms with Gasteiger partial charge in [-0.1, -0.05) is 36.3 Å². The smallest absolute Gasteiger partial charge is 0.166 e. The van der Waals surface area contributed by atoms with Gasteiger partial charge in [0.1, 0.15) is 18.0 Å². The summed E-state index contributed by atoms with van der Waals surface area (Å²) in [5, 5.41) is 10.9. The summed E-state index contributed by atoms with van der Waals surface area (Å²) in [6, 6.07) is 6.24. The normalized spacial score (nSPS) is 10.9. The second kappa shape index (κ2) is 7.08. The van der Waals surface area contributed by atoms with Gasteiger partial charge in [-0.05, 0) is 13.0 Å². The van der Waals surface area contributed by atoms with Gasteiger partial charge in [0.25, 0.3) is 0 Å². The van der Waals surface area contributed by atoms with E-state index in [0.29, 0.717) is 30.6 Å². The van der Waals surface area contributed by atoms with Gasteiger partial charge in [-0.25, -0.2) is 4.63 Å². The fourth-order valence-electron chi connectivity index (χ4n) is 1.86. The molecule has 0 fully saturated rings. The van der Waals surface area contributed by atoms with Gasteiger partial charge < -0.3 is 14.8 Å². The van der Waals surface area contributed by atoms with Gasteiger partial charge in [-0.15, -0.1) is 0 Å². The van der Waals surface area contributed by atoms with Crippen LogP contribution in [0.3, 0.4) is 0 Å². The maximum atomic E-state index is 5.89. The van der Waals surface area contributed by atoms with Crippen LogP contribution in [0.5, 0.6) is 11.5 Å². The van der Waals surface area contributed by atoms with Crippen molar-refractivity contribution in [3.63, 3.8) is 0 Å². The first-order valence-corrected chi connectivity index (χ1v) is 6.92. The molecule has 0 saturated heterocycles. The lowest BCUT2D eigenvalue weighted by Crippen LogP contribution is -2.22. The molecular weight excluding hydrogens is 270 g/mol. The fraction of sp³-hybridized carbons (Fsp3) is 0.467. The number of ether oxygens (including phenoxy) is 2. The van der Waals surface area contributed by atoms with Crippen LogP contribution in [0.25, 0.3) is 0 Å². The molecule has 0 radical (unpaired) electrons. The van der Waals surface area contributed by atoms with Gasteiger partial charge in [-0.2, -0.15) is 0 Å². The first-order chi connectivity index (χ1) is 10.1. The van der Waals surface area contributed by atoms with Gasteiger partial charge in [0.15, 0.2) is 11.5 Å². The highest BCUT2D eigenvalue weighted by Crippen LogP contribution is 2.31. The van der Waals surface area contributed by atoms with Crippen LogP contribution < -0.4 is 14.8 Å². The average molecular weight is 291 g/mol. The molecule has 21 heavy (non-hydrogen) atoms. The molecule has 0 amide bonds. The van der Waals surface area contributed by atoms with E-state index >= 15 is 0 Å². The van der Waals surface area contributed by atoms with Crippen molar-refractivity contribution < 1.29 is 14.1 Å². The molecule has 1 aromatic heterocycles. The van der Waals surface area contributed by atoms with Gasteiger partial charge in [0.05, 0.1) is 7.11 Å². The number of nitrogens with zero attached hydrogens (tertiary/aromatic N) is 2. The Balaban J connectivity index is 2.16. The first-order valence-electron chi connectivity index (χ1n) is 6.92. The van der Waals surface area contributed by atoms with Gasteiger partial charge in [0, 0.05) is 18.2 Å². The zero-order valence-corrected chi connectivity index (χ0v) is 12.8. The average Bonchev–Trinajstić information content (AvgIpc) is 2.88. The topological polar surface area (TPSA) is 69.4 Å². The molecule has 2 aromatic rings. The lowest BCUT2D eigenvalue weighted by atomic mass is 10.1. The molecular formula is C15H21N3O3. The SMILES string of the molecule is COc1cccc(CNC(C)C)c1OCc1nonc1C. The molecule has 1 N–H and O–H groups in total. The van der Waals surface area contributed by atoms with Crippen LogP contribution >= 0.6 is 0 Å². The summed E-state index contributed by atoms with van der Waals surface area (Å²) in [6.45, 7) is 7.04. The Labute approximate surface area is 124 Å². The lowest BCUT2D eigenvalue weighted by molar-refractivity contribution is 0.258. The van der Waals surface area contributed by atoms with Crippen LogP contribution in [0.2, 0.25) is 0 Å². The number of benzene rings is 1. The van der Waals surface area contributed by atoms with Gasteiger partial charge in [-0.3, -0.25) is 0 Å². The van der Waals surface area contributed by atoms with E-state index in [-0.39, 0.29) is 0 Å². The highest BCUT2D eigenvalue weighted by atomic mass is 16.6. The first kappa shape index (κ1) is 15.3. The van der Waals surface area contributed by atoms with E-state index in [0.717, 1.165) is 17.0 Å². The molecule has 0 unspecified atom stereocenters. The summed E-state index contributed by atoms with van der Waals surface area (Å²) in [5.41, 5.74) is 2.45. The summed E-state index contributed by atoms with van der Waals surface area (Å²) in [6.07, 6.45) is 0. The Morgan fingerprint density at radius 1 is 1.29 bits per heavy atom. The number of hydrogen-bond acceptors (Lipinski definition) is 6. The molecule has 0 bridgehead atoms.